The van der Waals surface area contributed by atoms with E-state index in [9.17, 15) is 4.91 Å². The Bertz CT molecular complexity index is 352. The van der Waals surface area contributed by atoms with E-state index >= 15 is 0 Å². The van der Waals surface area contributed by atoms with Crippen molar-refractivity contribution in [2.45, 2.75) is 19.9 Å². The molecule has 1 aromatic rings. The topological polar surface area (TPSA) is 45.6 Å². The van der Waals surface area contributed by atoms with E-state index < -0.39 is 6.04 Å². The van der Waals surface area contributed by atoms with E-state index in [-0.39, 0.29) is 0 Å². The first-order valence-corrected chi connectivity index (χ1v) is 5.67. The van der Waals surface area contributed by atoms with Crippen molar-refractivity contribution in [3.8, 4) is 0 Å². The van der Waals surface area contributed by atoms with Crippen LogP contribution < -0.4 is 0 Å². The predicted molar refractivity (Wildman–Crippen MR) is 68.3 cm³/mol. The van der Waals surface area contributed by atoms with E-state index in [0.717, 1.165) is 13.1 Å². The van der Waals surface area contributed by atoms with Crippen LogP contribution >= 0.6 is 12.2 Å². The third-order valence-corrected chi connectivity index (χ3v) is 2.86. The summed E-state index contributed by atoms with van der Waals surface area (Å²) in [7, 11) is 0. The van der Waals surface area contributed by atoms with Crippen molar-refractivity contribution in [2.75, 3.05) is 13.1 Å². The normalized spacial score (nSPS) is 11.9. The van der Waals surface area contributed by atoms with Gasteiger partial charge in [-0.25, -0.2) is 0 Å². The van der Waals surface area contributed by atoms with Crippen molar-refractivity contribution in [1.29, 1.82) is 0 Å². The summed E-state index contributed by atoms with van der Waals surface area (Å²) >= 11 is 5.27. The molecule has 0 saturated carbocycles. The van der Waals surface area contributed by atoms with Crippen molar-refractivity contribution in [3.63, 3.8) is 0 Å². The molecule has 1 atom stereocenters. The number of nitroso groups, excluding NO2 is 1. The molecule has 0 spiro atoms. The minimum Gasteiger partial charge on any atom is -0.364 e. The van der Waals surface area contributed by atoms with Crippen LogP contribution in [0.15, 0.2) is 29.6 Å². The summed E-state index contributed by atoms with van der Waals surface area (Å²) < 4.78 is 0. The van der Waals surface area contributed by atoms with E-state index in [1.807, 2.05) is 24.8 Å². The van der Waals surface area contributed by atoms with Crippen molar-refractivity contribution in [1.82, 2.24) is 9.88 Å². The molecule has 16 heavy (non-hydrogen) atoms. The molecule has 1 heterocycles. The molecular formula is C11H15N3OS. The Hall–Kier alpha value is -1.36. The molecular weight excluding hydrogens is 222 g/mol. The summed E-state index contributed by atoms with van der Waals surface area (Å²) in [6.45, 7) is 5.54. The lowest BCUT2D eigenvalue weighted by molar-refractivity contribution is 0.457. The average Bonchev–Trinajstić information content (AvgIpc) is 2.33. The van der Waals surface area contributed by atoms with Crippen molar-refractivity contribution in [2.24, 2.45) is 5.18 Å². The summed E-state index contributed by atoms with van der Waals surface area (Å²) in [6, 6.07) is 4.73. The molecule has 0 bridgehead atoms. The molecule has 0 N–H and O–H groups in total. The van der Waals surface area contributed by atoms with Crippen molar-refractivity contribution < 1.29 is 0 Å². The Morgan fingerprint density at radius 2 is 2.19 bits per heavy atom. The molecule has 0 aliphatic carbocycles. The van der Waals surface area contributed by atoms with Gasteiger partial charge < -0.3 is 4.90 Å². The molecule has 0 amide bonds. The minimum absolute atomic E-state index is 0.540. The van der Waals surface area contributed by atoms with Crippen LogP contribution in [0.25, 0.3) is 0 Å². The Kier molecular flexibility index (Phi) is 4.98. The maximum Gasteiger partial charge on any atom is 0.184 e. The molecule has 0 radical (unpaired) electrons. The van der Waals surface area contributed by atoms with Gasteiger partial charge in [0.1, 0.15) is 4.99 Å². The van der Waals surface area contributed by atoms with E-state index in [4.69, 9.17) is 12.2 Å². The van der Waals surface area contributed by atoms with Gasteiger partial charge in [0.2, 0.25) is 0 Å². The summed E-state index contributed by atoms with van der Waals surface area (Å²) in [5, 5.41) is 3.08. The zero-order chi connectivity index (χ0) is 12.0. The molecule has 86 valence electrons. The first kappa shape index (κ1) is 12.7. The number of likely N-dealkylation sites (N-methyl/N-ethyl adjacent to an activating group) is 1. The zero-order valence-electron chi connectivity index (χ0n) is 9.46. The standard InChI is InChI=1S/C11H15N3OS/c1-3-14(4-2)11(16)10(13-15)9-7-5-6-8-12-9/h5-8,10H,3-4H2,1-2H3. The van der Waals surface area contributed by atoms with Crippen molar-refractivity contribution >= 4 is 17.2 Å². The van der Waals surface area contributed by atoms with Crippen LogP contribution in [-0.2, 0) is 0 Å². The lowest BCUT2D eigenvalue weighted by Crippen LogP contribution is -2.33. The Labute approximate surface area is 101 Å². The Morgan fingerprint density at radius 1 is 1.50 bits per heavy atom. The molecule has 1 aromatic heterocycles. The number of aromatic nitrogens is 1. The minimum atomic E-state index is -0.656. The van der Waals surface area contributed by atoms with Gasteiger partial charge in [-0.05, 0) is 26.0 Å². The van der Waals surface area contributed by atoms with Crippen LogP contribution in [0.5, 0.6) is 0 Å². The van der Waals surface area contributed by atoms with Crippen LogP contribution in [0.4, 0.5) is 0 Å². The average molecular weight is 237 g/mol. The van der Waals surface area contributed by atoms with Gasteiger partial charge in [-0.15, -0.1) is 4.91 Å². The third-order valence-electron chi connectivity index (χ3n) is 2.38. The first-order chi connectivity index (χ1) is 7.74. The van der Waals surface area contributed by atoms with Gasteiger partial charge in [-0.3, -0.25) is 4.98 Å². The quantitative estimate of drug-likeness (QED) is 0.583. The lowest BCUT2D eigenvalue weighted by atomic mass is 10.2. The van der Waals surface area contributed by atoms with Crippen LogP contribution in [0.2, 0.25) is 0 Å². The second kappa shape index (κ2) is 6.27. The second-order valence-electron chi connectivity index (χ2n) is 3.27. The van der Waals surface area contributed by atoms with Crippen LogP contribution in [0.1, 0.15) is 25.6 Å². The fourth-order valence-corrected chi connectivity index (χ4v) is 1.89. The molecule has 0 saturated heterocycles. The zero-order valence-corrected chi connectivity index (χ0v) is 10.3. The Morgan fingerprint density at radius 3 is 2.62 bits per heavy atom. The van der Waals surface area contributed by atoms with Gasteiger partial charge in [0.05, 0.1) is 5.69 Å². The first-order valence-electron chi connectivity index (χ1n) is 5.26. The van der Waals surface area contributed by atoms with Gasteiger partial charge >= 0.3 is 0 Å². The maximum atomic E-state index is 10.9. The fraction of sp³-hybridized carbons (Fsp3) is 0.455. The number of hydrogen-bond acceptors (Lipinski definition) is 4. The highest BCUT2D eigenvalue weighted by molar-refractivity contribution is 7.80. The van der Waals surface area contributed by atoms with Crippen LogP contribution in [0.3, 0.4) is 0 Å². The number of pyridine rings is 1. The van der Waals surface area contributed by atoms with Crippen LogP contribution in [0, 0.1) is 4.91 Å². The molecule has 0 aromatic carbocycles. The highest BCUT2D eigenvalue weighted by Gasteiger charge is 2.22. The molecule has 0 aliphatic heterocycles. The van der Waals surface area contributed by atoms with Gasteiger partial charge in [0, 0.05) is 19.3 Å². The monoisotopic (exact) mass is 237 g/mol. The van der Waals surface area contributed by atoms with Gasteiger partial charge in [0.25, 0.3) is 0 Å². The van der Waals surface area contributed by atoms with Gasteiger partial charge in [0.15, 0.2) is 6.04 Å². The van der Waals surface area contributed by atoms with Crippen molar-refractivity contribution in [3.05, 3.63) is 35.0 Å². The van der Waals surface area contributed by atoms with E-state index in [0.29, 0.717) is 10.7 Å². The summed E-state index contributed by atoms with van der Waals surface area (Å²) in [6.07, 6.45) is 1.64. The highest BCUT2D eigenvalue weighted by Crippen LogP contribution is 2.18. The molecule has 1 unspecified atom stereocenters. The Balaban J connectivity index is 2.91. The summed E-state index contributed by atoms with van der Waals surface area (Å²) in [5.41, 5.74) is 0.606. The van der Waals surface area contributed by atoms with Gasteiger partial charge in [-0.2, -0.15) is 0 Å². The molecule has 0 aliphatic rings. The number of hydrogen-bond donors (Lipinski definition) is 0. The highest BCUT2D eigenvalue weighted by atomic mass is 32.1. The van der Waals surface area contributed by atoms with E-state index in [2.05, 4.69) is 10.2 Å². The number of thiocarbonyl (C=S) groups is 1. The number of rotatable bonds is 5. The van der Waals surface area contributed by atoms with E-state index in [1.54, 1.807) is 18.3 Å². The number of nitrogens with zero attached hydrogens (tertiary/aromatic N) is 3. The molecule has 5 heteroatoms. The fourth-order valence-electron chi connectivity index (χ4n) is 1.47. The smallest absolute Gasteiger partial charge is 0.184 e. The SMILES string of the molecule is CCN(CC)C(=S)C(N=O)c1ccccn1. The van der Waals surface area contributed by atoms with E-state index in [1.165, 1.54) is 0 Å². The van der Waals surface area contributed by atoms with Gasteiger partial charge in [-0.1, -0.05) is 23.5 Å². The van der Waals surface area contributed by atoms with Crippen LogP contribution in [-0.4, -0.2) is 28.0 Å². The summed E-state index contributed by atoms with van der Waals surface area (Å²) in [4.78, 5) is 17.5. The largest absolute Gasteiger partial charge is 0.364 e. The maximum absolute atomic E-state index is 10.9. The lowest BCUT2D eigenvalue weighted by Gasteiger charge is -2.24. The molecule has 1 rings (SSSR count). The molecule has 4 nitrogen and oxygen atoms in total. The second-order valence-corrected chi connectivity index (χ2v) is 3.69. The third kappa shape index (κ3) is 2.82. The predicted octanol–water partition coefficient (Wildman–Crippen LogP) is 2.56. The molecule has 0 fully saturated rings. The summed E-state index contributed by atoms with van der Waals surface area (Å²) in [5.74, 6) is 0.